The SMILES string of the molecule is CCCCc1nnnn1CC1(C(=O)O)CC1. The fourth-order valence-corrected chi connectivity index (χ4v) is 1.74. The van der Waals surface area contributed by atoms with Crippen LogP contribution in [0.4, 0.5) is 0 Å². The number of unbranched alkanes of at least 4 members (excludes halogenated alkanes) is 1. The number of aliphatic carboxylic acids is 1. The summed E-state index contributed by atoms with van der Waals surface area (Å²) in [5.74, 6) is 0.0683. The Balaban J connectivity index is 2.04. The highest BCUT2D eigenvalue weighted by atomic mass is 16.4. The number of tetrazole rings is 1. The van der Waals surface area contributed by atoms with Crippen molar-refractivity contribution in [3.63, 3.8) is 0 Å². The van der Waals surface area contributed by atoms with Gasteiger partial charge in [-0.2, -0.15) is 0 Å². The molecule has 1 aliphatic carbocycles. The van der Waals surface area contributed by atoms with Crippen molar-refractivity contribution < 1.29 is 9.90 Å². The smallest absolute Gasteiger partial charge is 0.311 e. The second-order valence-corrected chi connectivity index (χ2v) is 4.44. The van der Waals surface area contributed by atoms with Crippen molar-refractivity contribution in [3.05, 3.63) is 5.82 Å². The molecule has 1 aromatic heterocycles. The molecule has 88 valence electrons. The van der Waals surface area contributed by atoms with Crippen molar-refractivity contribution in [1.82, 2.24) is 20.2 Å². The lowest BCUT2D eigenvalue weighted by Gasteiger charge is -2.10. The van der Waals surface area contributed by atoms with Crippen molar-refractivity contribution in [2.24, 2.45) is 5.41 Å². The van der Waals surface area contributed by atoms with Crippen molar-refractivity contribution in [3.8, 4) is 0 Å². The largest absolute Gasteiger partial charge is 0.481 e. The summed E-state index contributed by atoms with van der Waals surface area (Å²) in [6.45, 7) is 2.52. The van der Waals surface area contributed by atoms with Crippen LogP contribution >= 0.6 is 0 Å². The summed E-state index contributed by atoms with van der Waals surface area (Å²) in [5, 5.41) is 20.5. The summed E-state index contributed by atoms with van der Waals surface area (Å²) in [6, 6.07) is 0. The highest BCUT2D eigenvalue weighted by Gasteiger charge is 2.51. The van der Waals surface area contributed by atoms with Crippen molar-refractivity contribution in [2.75, 3.05) is 0 Å². The number of carboxylic acid groups (broad SMARTS) is 1. The first-order valence-corrected chi connectivity index (χ1v) is 5.66. The molecule has 16 heavy (non-hydrogen) atoms. The van der Waals surface area contributed by atoms with Gasteiger partial charge in [0.25, 0.3) is 0 Å². The Morgan fingerprint density at radius 1 is 1.56 bits per heavy atom. The predicted molar refractivity (Wildman–Crippen MR) is 55.7 cm³/mol. The number of nitrogens with zero attached hydrogens (tertiary/aromatic N) is 4. The van der Waals surface area contributed by atoms with Gasteiger partial charge in [-0.3, -0.25) is 4.79 Å². The topological polar surface area (TPSA) is 80.9 Å². The van der Waals surface area contributed by atoms with Crippen molar-refractivity contribution in [2.45, 2.75) is 45.6 Å². The zero-order valence-corrected chi connectivity index (χ0v) is 9.39. The number of hydrogen-bond acceptors (Lipinski definition) is 4. The molecule has 0 saturated heterocycles. The van der Waals surface area contributed by atoms with Gasteiger partial charge < -0.3 is 5.11 Å². The van der Waals surface area contributed by atoms with Gasteiger partial charge in [-0.1, -0.05) is 13.3 Å². The molecule has 6 nitrogen and oxygen atoms in total. The molecule has 1 aliphatic rings. The Labute approximate surface area is 93.6 Å². The fraction of sp³-hybridized carbons (Fsp3) is 0.800. The van der Waals surface area contributed by atoms with E-state index in [0.29, 0.717) is 6.54 Å². The Morgan fingerprint density at radius 3 is 2.88 bits per heavy atom. The van der Waals surface area contributed by atoms with E-state index in [-0.39, 0.29) is 0 Å². The molecule has 0 spiro atoms. The molecule has 0 unspecified atom stereocenters. The quantitative estimate of drug-likeness (QED) is 0.775. The van der Waals surface area contributed by atoms with Crippen LogP contribution in [0.5, 0.6) is 0 Å². The van der Waals surface area contributed by atoms with Crippen LogP contribution in [0.2, 0.25) is 0 Å². The average Bonchev–Trinajstić information content (AvgIpc) is 2.90. The van der Waals surface area contributed by atoms with Gasteiger partial charge in [0.15, 0.2) is 5.82 Å². The Bertz CT molecular complexity index is 384. The maximum absolute atomic E-state index is 11.1. The highest BCUT2D eigenvalue weighted by Crippen LogP contribution is 2.47. The molecular weight excluding hydrogens is 208 g/mol. The second-order valence-electron chi connectivity index (χ2n) is 4.44. The van der Waals surface area contributed by atoms with E-state index in [1.807, 2.05) is 0 Å². The van der Waals surface area contributed by atoms with Crippen LogP contribution in [-0.4, -0.2) is 31.3 Å². The molecule has 0 aromatic carbocycles. The minimum Gasteiger partial charge on any atom is -0.481 e. The molecule has 1 heterocycles. The third kappa shape index (κ3) is 2.05. The molecule has 1 fully saturated rings. The van der Waals surface area contributed by atoms with Gasteiger partial charge in [-0.15, -0.1) is 5.10 Å². The molecule has 6 heteroatoms. The van der Waals surface area contributed by atoms with E-state index in [9.17, 15) is 4.79 Å². The van der Waals surface area contributed by atoms with Gasteiger partial charge in [0, 0.05) is 6.42 Å². The van der Waals surface area contributed by atoms with Crippen molar-refractivity contribution >= 4 is 5.97 Å². The van der Waals surface area contributed by atoms with Crippen LogP contribution < -0.4 is 0 Å². The van der Waals surface area contributed by atoms with Gasteiger partial charge in [0.2, 0.25) is 0 Å². The molecule has 1 N–H and O–H groups in total. The summed E-state index contributed by atoms with van der Waals surface area (Å²) in [7, 11) is 0. The maximum atomic E-state index is 11.1. The summed E-state index contributed by atoms with van der Waals surface area (Å²) in [4.78, 5) is 11.1. The number of carboxylic acids is 1. The van der Waals surface area contributed by atoms with Crippen LogP contribution in [0.3, 0.4) is 0 Å². The molecular formula is C10H16N4O2. The first-order chi connectivity index (χ1) is 7.68. The minimum atomic E-state index is -0.732. The van der Waals surface area contributed by atoms with Crippen LogP contribution in [0, 0.1) is 5.41 Å². The Morgan fingerprint density at radius 2 is 2.31 bits per heavy atom. The number of aryl methyl sites for hydroxylation is 1. The van der Waals surface area contributed by atoms with Crippen LogP contribution in [0.25, 0.3) is 0 Å². The fourth-order valence-electron chi connectivity index (χ4n) is 1.74. The molecule has 2 rings (SSSR count). The molecule has 0 aliphatic heterocycles. The van der Waals surface area contributed by atoms with E-state index in [4.69, 9.17) is 5.11 Å². The summed E-state index contributed by atoms with van der Waals surface area (Å²) in [5.41, 5.74) is -0.601. The van der Waals surface area contributed by atoms with Crippen LogP contribution in [0.15, 0.2) is 0 Å². The van der Waals surface area contributed by atoms with Gasteiger partial charge in [0.1, 0.15) is 0 Å². The van der Waals surface area contributed by atoms with Crippen LogP contribution in [0.1, 0.15) is 38.4 Å². The number of carbonyl (C=O) groups is 1. The monoisotopic (exact) mass is 224 g/mol. The molecule has 1 aromatic rings. The molecule has 0 amide bonds. The van der Waals surface area contributed by atoms with E-state index in [0.717, 1.165) is 37.9 Å². The molecule has 0 radical (unpaired) electrons. The van der Waals surface area contributed by atoms with E-state index < -0.39 is 11.4 Å². The number of hydrogen-bond donors (Lipinski definition) is 1. The summed E-state index contributed by atoms with van der Waals surface area (Å²) < 4.78 is 1.65. The average molecular weight is 224 g/mol. The lowest BCUT2D eigenvalue weighted by molar-refractivity contribution is -0.144. The highest BCUT2D eigenvalue weighted by molar-refractivity contribution is 5.77. The first-order valence-electron chi connectivity index (χ1n) is 5.66. The predicted octanol–water partition coefficient (Wildman–Crippen LogP) is 0.880. The Kier molecular flexibility index (Phi) is 2.89. The first kappa shape index (κ1) is 11.0. The third-order valence-electron chi connectivity index (χ3n) is 3.12. The summed E-state index contributed by atoms with van der Waals surface area (Å²) >= 11 is 0. The van der Waals surface area contributed by atoms with Gasteiger partial charge in [-0.05, 0) is 29.7 Å². The normalized spacial score (nSPS) is 17.3. The third-order valence-corrected chi connectivity index (χ3v) is 3.12. The van der Waals surface area contributed by atoms with Gasteiger partial charge in [-0.25, -0.2) is 4.68 Å². The Hall–Kier alpha value is -1.46. The molecule has 0 bridgehead atoms. The number of aromatic nitrogens is 4. The van der Waals surface area contributed by atoms with Crippen molar-refractivity contribution in [1.29, 1.82) is 0 Å². The lowest BCUT2D eigenvalue weighted by Crippen LogP contribution is -2.23. The zero-order chi connectivity index (χ0) is 11.6. The number of rotatable bonds is 6. The van der Waals surface area contributed by atoms with E-state index in [1.165, 1.54) is 0 Å². The molecule has 1 saturated carbocycles. The minimum absolute atomic E-state index is 0.411. The maximum Gasteiger partial charge on any atom is 0.311 e. The molecule has 0 atom stereocenters. The van der Waals surface area contributed by atoms with E-state index in [2.05, 4.69) is 22.4 Å². The van der Waals surface area contributed by atoms with Crippen LogP contribution in [-0.2, 0) is 17.8 Å². The lowest BCUT2D eigenvalue weighted by atomic mass is 10.1. The standard InChI is InChI=1S/C10H16N4O2/c1-2-3-4-8-11-12-13-14(8)7-10(5-6-10)9(15)16/h2-7H2,1H3,(H,15,16). The van der Waals surface area contributed by atoms with Gasteiger partial charge >= 0.3 is 5.97 Å². The van der Waals surface area contributed by atoms with E-state index in [1.54, 1.807) is 4.68 Å². The van der Waals surface area contributed by atoms with Gasteiger partial charge in [0.05, 0.1) is 12.0 Å². The second kappa shape index (κ2) is 4.19. The summed E-state index contributed by atoms with van der Waals surface area (Å²) in [6.07, 6.45) is 4.39. The van der Waals surface area contributed by atoms with E-state index >= 15 is 0 Å². The zero-order valence-electron chi connectivity index (χ0n) is 9.39.